The fraction of sp³-hybridized carbons (Fsp3) is 0.722. The molecule has 1 saturated heterocycles. The summed E-state index contributed by atoms with van der Waals surface area (Å²) in [6.07, 6.45) is 0.798. The quantitative estimate of drug-likeness (QED) is 0.182. The van der Waals surface area contributed by atoms with E-state index in [1.165, 1.54) is 0 Å². The molecule has 0 spiro atoms. The summed E-state index contributed by atoms with van der Waals surface area (Å²) in [6, 6.07) is -3.83. The van der Waals surface area contributed by atoms with Gasteiger partial charge in [-0.2, -0.15) is 12.6 Å². The van der Waals surface area contributed by atoms with Gasteiger partial charge in [0, 0.05) is 12.2 Å². The molecule has 0 aliphatic carbocycles. The van der Waals surface area contributed by atoms with E-state index in [0.29, 0.717) is 6.42 Å². The van der Waals surface area contributed by atoms with Crippen molar-refractivity contribution >= 4 is 42.3 Å². The Hall–Kier alpha value is -2.34. The first-order valence-corrected chi connectivity index (χ1v) is 10.4. The highest BCUT2D eigenvalue weighted by Crippen LogP contribution is 2.08. The first-order valence-electron chi connectivity index (χ1n) is 9.76. The van der Waals surface area contributed by atoms with Gasteiger partial charge in [0.2, 0.25) is 17.7 Å². The number of carbonyl (C=O) groups excluding carboxylic acids is 3. The molecule has 1 rings (SSSR count). The first kappa shape index (κ1) is 25.7. The Morgan fingerprint density at radius 2 is 1.67 bits per heavy atom. The molecule has 6 N–H and O–H groups in total. The summed E-state index contributed by atoms with van der Waals surface area (Å²) >= 11 is 4.04. The maximum Gasteiger partial charge on any atom is 0.326 e. The predicted molar refractivity (Wildman–Crippen MR) is 110 cm³/mol. The molecule has 0 aromatic carbocycles. The zero-order valence-electron chi connectivity index (χ0n) is 17.0. The van der Waals surface area contributed by atoms with E-state index in [1.54, 1.807) is 13.8 Å². The van der Waals surface area contributed by atoms with Crippen LogP contribution in [0.3, 0.4) is 0 Å². The number of aliphatic carboxylic acids is 2. The van der Waals surface area contributed by atoms with E-state index in [1.807, 2.05) is 0 Å². The van der Waals surface area contributed by atoms with Crippen LogP contribution in [0.2, 0.25) is 0 Å². The normalized spacial score (nSPS) is 18.9. The maximum absolute atomic E-state index is 12.7. The lowest BCUT2D eigenvalue weighted by Crippen LogP contribution is -2.58. The van der Waals surface area contributed by atoms with Crippen molar-refractivity contribution in [2.75, 3.05) is 12.3 Å². The second-order valence-corrected chi connectivity index (χ2v) is 7.82. The molecule has 170 valence electrons. The second kappa shape index (κ2) is 12.4. The molecule has 0 aromatic heterocycles. The number of carboxylic acids is 2. The standard InChI is InChI=1S/C18H30N4O7S/c1-9(2)14(22-15(25)10-4-3-7-19-10)17(27)21-12(8-30)16(26)20-11(18(28)29)5-6-13(23)24/h9-12,14,19,30H,3-8H2,1-2H3,(H,20,26)(H,21,27)(H,22,25)(H,23,24)(H,28,29). The minimum Gasteiger partial charge on any atom is -0.481 e. The van der Waals surface area contributed by atoms with Crippen LogP contribution >= 0.6 is 12.6 Å². The number of carboxylic acid groups (broad SMARTS) is 2. The summed E-state index contributed by atoms with van der Waals surface area (Å²) in [5, 5.41) is 28.3. The number of amides is 3. The summed E-state index contributed by atoms with van der Waals surface area (Å²) in [5.74, 6) is -4.65. The van der Waals surface area contributed by atoms with Crippen LogP contribution in [-0.2, 0) is 24.0 Å². The van der Waals surface area contributed by atoms with Crippen LogP contribution < -0.4 is 21.3 Å². The third kappa shape index (κ3) is 8.19. The highest BCUT2D eigenvalue weighted by Gasteiger charge is 2.32. The molecule has 0 bridgehead atoms. The Kier molecular flexibility index (Phi) is 10.6. The van der Waals surface area contributed by atoms with E-state index in [4.69, 9.17) is 10.2 Å². The van der Waals surface area contributed by atoms with E-state index in [9.17, 15) is 24.0 Å². The number of rotatable bonds is 12. The molecule has 0 saturated carbocycles. The fourth-order valence-corrected chi connectivity index (χ4v) is 3.21. The molecule has 4 unspecified atom stereocenters. The Balaban J connectivity index is 2.74. The summed E-state index contributed by atoms with van der Waals surface area (Å²) in [4.78, 5) is 59.4. The zero-order chi connectivity index (χ0) is 22.8. The number of hydrogen-bond acceptors (Lipinski definition) is 7. The SMILES string of the molecule is CC(C)C(NC(=O)C1CCCN1)C(=O)NC(CS)C(=O)NC(CCC(=O)O)C(=O)O. The van der Waals surface area contributed by atoms with E-state index in [2.05, 4.69) is 33.9 Å². The van der Waals surface area contributed by atoms with Gasteiger partial charge >= 0.3 is 11.9 Å². The second-order valence-electron chi connectivity index (χ2n) is 7.45. The first-order chi connectivity index (χ1) is 14.1. The topological polar surface area (TPSA) is 174 Å². The Morgan fingerprint density at radius 3 is 2.13 bits per heavy atom. The molecule has 0 aromatic rings. The van der Waals surface area contributed by atoms with E-state index < -0.39 is 48.3 Å². The van der Waals surface area contributed by atoms with Gasteiger partial charge in [0.25, 0.3) is 0 Å². The van der Waals surface area contributed by atoms with Crippen LogP contribution in [-0.4, -0.2) is 76.3 Å². The Bertz CT molecular complexity index is 652. The van der Waals surface area contributed by atoms with Gasteiger partial charge < -0.3 is 31.5 Å². The van der Waals surface area contributed by atoms with Crippen molar-refractivity contribution in [2.45, 2.75) is 63.7 Å². The molecule has 1 fully saturated rings. The molecule has 0 radical (unpaired) electrons. The molecule has 12 heteroatoms. The minimum absolute atomic E-state index is 0.119. The van der Waals surface area contributed by atoms with Crippen LogP contribution in [0.15, 0.2) is 0 Å². The molecular formula is C18H30N4O7S. The molecule has 30 heavy (non-hydrogen) atoms. The monoisotopic (exact) mass is 446 g/mol. The lowest BCUT2D eigenvalue weighted by molar-refractivity contribution is -0.143. The molecule has 3 amide bonds. The molecule has 4 atom stereocenters. The summed E-state index contributed by atoms with van der Waals surface area (Å²) < 4.78 is 0. The smallest absolute Gasteiger partial charge is 0.326 e. The van der Waals surface area contributed by atoms with Crippen molar-refractivity contribution in [3.05, 3.63) is 0 Å². The van der Waals surface area contributed by atoms with Crippen molar-refractivity contribution in [3.8, 4) is 0 Å². The van der Waals surface area contributed by atoms with Gasteiger partial charge in [-0.15, -0.1) is 0 Å². The van der Waals surface area contributed by atoms with Crippen LogP contribution in [0.5, 0.6) is 0 Å². The van der Waals surface area contributed by atoms with Gasteiger partial charge in [-0.1, -0.05) is 13.8 Å². The van der Waals surface area contributed by atoms with Crippen molar-refractivity contribution < 1.29 is 34.2 Å². The van der Waals surface area contributed by atoms with Gasteiger partial charge in [-0.3, -0.25) is 19.2 Å². The highest BCUT2D eigenvalue weighted by molar-refractivity contribution is 7.80. The molecule has 11 nitrogen and oxygen atoms in total. The number of hydrogen-bond donors (Lipinski definition) is 7. The third-order valence-corrected chi connectivity index (χ3v) is 5.07. The lowest BCUT2D eigenvalue weighted by atomic mass is 10.0. The average molecular weight is 447 g/mol. The molecule has 1 aliphatic heterocycles. The van der Waals surface area contributed by atoms with Crippen LogP contribution in [0, 0.1) is 5.92 Å². The van der Waals surface area contributed by atoms with Crippen molar-refractivity contribution in [3.63, 3.8) is 0 Å². The van der Waals surface area contributed by atoms with Gasteiger partial charge in [-0.05, 0) is 31.7 Å². The molecular weight excluding hydrogens is 416 g/mol. The van der Waals surface area contributed by atoms with E-state index in [0.717, 1.165) is 13.0 Å². The zero-order valence-corrected chi connectivity index (χ0v) is 17.9. The molecule has 1 heterocycles. The van der Waals surface area contributed by atoms with Crippen molar-refractivity contribution in [2.24, 2.45) is 5.92 Å². The third-order valence-electron chi connectivity index (χ3n) is 4.70. The summed E-state index contributed by atoms with van der Waals surface area (Å²) in [7, 11) is 0. The maximum atomic E-state index is 12.7. The van der Waals surface area contributed by atoms with E-state index >= 15 is 0 Å². The Labute approximate surface area is 180 Å². The minimum atomic E-state index is -1.41. The van der Waals surface area contributed by atoms with Crippen molar-refractivity contribution in [1.29, 1.82) is 0 Å². The van der Waals surface area contributed by atoms with Crippen LogP contribution in [0.25, 0.3) is 0 Å². The van der Waals surface area contributed by atoms with Gasteiger partial charge in [0.15, 0.2) is 0 Å². The van der Waals surface area contributed by atoms with Gasteiger partial charge in [-0.25, -0.2) is 4.79 Å². The van der Waals surface area contributed by atoms with Gasteiger partial charge in [0.1, 0.15) is 18.1 Å². The lowest BCUT2D eigenvalue weighted by Gasteiger charge is -2.26. The summed E-state index contributed by atoms with van der Waals surface area (Å²) in [6.45, 7) is 4.22. The highest BCUT2D eigenvalue weighted by atomic mass is 32.1. The van der Waals surface area contributed by atoms with E-state index in [-0.39, 0.29) is 30.0 Å². The number of carbonyl (C=O) groups is 5. The largest absolute Gasteiger partial charge is 0.481 e. The van der Waals surface area contributed by atoms with Crippen LogP contribution in [0.1, 0.15) is 39.5 Å². The van der Waals surface area contributed by atoms with Gasteiger partial charge in [0.05, 0.1) is 6.04 Å². The average Bonchev–Trinajstić information content (AvgIpc) is 3.21. The molecule has 1 aliphatic rings. The number of thiol groups is 1. The summed E-state index contributed by atoms with van der Waals surface area (Å²) in [5.41, 5.74) is 0. The number of nitrogens with one attached hydrogen (secondary N) is 4. The fourth-order valence-electron chi connectivity index (χ4n) is 2.95. The van der Waals surface area contributed by atoms with Crippen LogP contribution in [0.4, 0.5) is 0 Å². The van der Waals surface area contributed by atoms with Crippen molar-refractivity contribution in [1.82, 2.24) is 21.3 Å². The predicted octanol–water partition coefficient (Wildman–Crippen LogP) is -1.27. The Morgan fingerprint density at radius 1 is 1.03 bits per heavy atom.